The number of aliphatic hydroxyl groups excluding tert-OH is 1. The SMILES string of the molecule is Cc1ccc(S(=O)(=O)N2CCC(=O)C(O)C2)cc1. The summed E-state index contributed by atoms with van der Waals surface area (Å²) >= 11 is 0. The zero-order valence-electron chi connectivity index (χ0n) is 10.0. The van der Waals surface area contributed by atoms with Crippen LogP contribution in [0.15, 0.2) is 29.2 Å². The molecule has 0 saturated carbocycles. The highest BCUT2D eigenvalue weighted by Crippen LogP contribution is 2.19. The average molecular weight is 269 g/mol. The van der Waals surface area contributed by atoms with E-state index in [-0.39, 0.29) is 30.2 Å². The molecule has 0 radical (unpaired) electrons. The first kappa shape index (κ1) is 13.2. The number of carbonyl (C=O) groups is 1. The summed E-state index contributed by atoms with van der Waals surface area (Å²) in [5, 5.41) is 9.45. The summed E-state index contributed by atoms with van der Waals surface area (Å²) in [5.74, 6) is -0.301. The van der Waals surface area contributed by atoms with E-state index in [1.54, 1.807) is 12.1 Å². The molecule has 1 unspecified atom stereocenters. The van der Waals surface area contributed by atoms with Gasteiger partial charge >= 0.3 is 0 Å². The molecule has 5 nitrogen and oxygen atoms in total. The van der Waals surface area contributed by atoms with Gasteiger partial charge in [0.2, 0.25) is 10.0 Å². The van der Waals surface area contributed by atoms with E-state index in [1.807, 2.05) is 6.92 Å². The minimum atomic E-state index is -3.61. The number of hydrogen-bond acceptors (Lipinski definition) is 4. The Bertz CT molecular complexity index is 550. The molecule has 0 aromatic heterocycles. The standard InChI is InChI=1S/C12H15NO4S/c1-9-2-4-10(5-3-9)18(16,17)13-7-6-11(14)12(15)8-13/h2-5,12,15H,6-8H2,1H3. The summed E-state index contributed by atoms with van der Waals surface area (Å²) in [5.41, 5.74) is 0.975. The van der Waals surface area contributed by atoms with Crippen LogP contribution < -0.4 is 0 Å². The predicted octanol–water partition coefficient (Wildman–Crippen LogP) is 0.319. The normalized spacial score (nSPS) is 22.1. The minimum Gasteiger partial charge on any atom is -0.384 e. The molecule has 0 aliphatic carbocycles. The summed E-state index contributed by atoms with van der Waals surface area (Å²) in [6.07, 6.45) is -1.15. The summed E-state index contributed by atoms with van der Waals surface area (Å²) in [4.78, 5) is 11.4. The maximum atomic E-state index is 12.3. The molecule has 18 heavy (non-hydrogen) atoms. The molecule has 0 spiro atoms. The molecule has 0 amide bonds. The number of hydrogen-bond donors (Lipinski definition) is 1. The van der Waals surface area contributed by atoms with Crippen LogP contribution in [0.5, 0.6) is 0 Å². The third-order valence-corrected chi connectivity index (χ3v) is 4.89. The molecule has 1 atom stereocenters. The molecule has 1 aliphatic heterocycles. The van der Waals surface area contributed by atoms with Crippen LogP contribution in [0.1, 0.15) is 12.0 Å². The van der Waals surface area contributed by atoms with Crippen LogP contribution in [0.4, 0.5) is 0 Å². The maximum absolute atomic E-state index is 12.3. The van der Waals surface area contributed by atoms with E-state index in [0.29, 0.717) is 0 Å². The molecular formula is C12H15NO4S. The molecule has 1 fully saturated rings. The van der Waals surface area contributed by atoms with E-state index in [9.17, 15) is 18.3 Å². The second kappa shape index (κ2) is 4.79. The Morgan fingerprint density at radius 1 is 1.28 bits per heavy atom. The largest absolute Gasteiger partial charge is 0.384 e. The van der Waals surface area contributed by atoms with E-state index < -0.39 is 16.1 Å². The molecule has 1 aromatic carbocycles. The summed E-state index contributed by atoms with van der Waals surface area (Å²) < 4.78 is 25.7. The highest BCUT2D eigenvalue weighted by Gasteiger charge is 2.33. The van der Waals surface area contributed by atoms with Crippen molar-refractivity contribution in [2.24, 2.45) is 0 Å². The zero-order valence-corrected chi connectivity index (χ0v) is 10.9. The van der Waals surface area contributed by atoms with Gasteiger partial charge in [0.15, 0.2) is 5.78 Å². The van der Waals surface area contributed by atoms with Crippen molar-refractivity contribution in [2.45, 2.75) is 24.3 Å². The van der Waals surface area contributed by atoms with Gasteiger partial charge in [-0.05, 0) is 19.1 Å². The van der Waals surface area contributed by atoms with Crippen molar-refractivity contribution < 1.29 is 18.3 Å². The number of Topliss-reactive ketones (excluding diaryl/α,β-unsaturated/α-hetero) is 1. The van der Waals surface area contributed by atoms with Crippen molar-refractivity contribution in [1.29, 1.82) is 0 Å². The van der Waals surface area contributed by atoms with Crippen LogP contribution in [-0.4, -0.2) is 42.8 Å². The van der Waals surface area contributed by atoms with Gasteiger partial charge < -0.3 is 5.11 Å². The van der Waals surface area contributed by atoms with Gasteiger partial charge in [-0.25, -0.2) is 8.42 Å². The van der Waals surface area contributed by atoms with Crippen LogP contribution in [0.25, 0.3) is 0 Å². The van der Waals surface area contributed by atoms with Crippen molar-refractivity contribution in [3.8, 4) is 0 Å². The number of carbonyl (C=O) groups excluding carboxylic acids is 1. The highest BCUT2D eigenvalue weighted by atomic mass is 32.2. The van der Waals surface area contributed by atoms with Crippen LogP contribution >= 0.6 is 0 Å². The van der Waals surface area contributed by atoms with Gasteiger partial charge in [0, 0.05) is 19.5 Å². The van der Waals surface area contributed by atoms with Crippen molar-refractivity contribution in [2.75, 3.05) is 13.1 Å². The fourth-order valence-corrected chi connectivity index (χ4v) is 3.31. The fourth-order valence-electron chi connectivity index (χ4n) is 1.87. The number of sulfonamides is 1. The Morgan fingerprint density at radius 3 is 2.44 bits per heavy atom. The second-order valence-corrected chi connectivity index (χ2v) is 6.35. The Morgan fingerprint density at radius 2 is 1.89 bits per heavy atom. The smallest absolute Gasteiger partial charge is 0.243 e. The summed E-state index contributed by atoms with van der Waals surface area (Å²) in [6.45, 7) is 1.85. The first-order valence-electron chi connectivity index (χ1n) is 5.69. The first-order chi connectivity index (χ1) is 8.41. The van der Waals surface area contributed by atoms with Gasteiger partial charge in [-0.3, -0.25) is 4.79 Å². The van der Waals surface area contributed by atoms with Gasteiger partial charge in [0.25, 0.3) is 0 Å². The molecule has 2 rings (SSSR count). The van der Waals surface area contributed by atoms with E-state index in [0.717, 1.165) is 9.87 Å². The zero-order chi connectivity index (χ0) is 13.3. The third kappa shape index (κ3) is 2.45. The fraction of sp³-hybridized carbons (Fsp3) is 0.417. The Labute approximate surface area is 106 Å². The lowest BCUT2D eigenvalue weighted by Crippen LogP contribution is -2.46. The van der Waals surface area contributed by atoms with Crippen molar-refractivity contribution in [1.82, 2.24) is 4.31 Å². The Kier molecular flexibility index (Phi) is 3.52. The third-order valence-electron chi connectivity index (χ3n) is 3.01. The van der Waals surface area contributed by atoms with Gasteiger partial charge in [0.1, 0.15) is 6.10 Å². The molecule has 0 bridgehead atoms. The van der Waals surface area contributed by atoms with Gasteiger partial charge in [-0.1, -0.05) is 17.7 Å². The Hall–Kier alpha value is -1.24. The molecule has 1 N–H and O–H groups in total. The van der Waals surface area contributed by atoms with E-state index in [2.05, 4.69) is 0 Å². The predicted molar refractivity (Wildman–Crippen MR) is 65.6 cm³/mol. The van der Waals surface area contributed by atoms with Crippen molar-refractivity contribution in [3.05, 3.63) is 29.8 Å². The van der Waals surface area contributed by atoms with Crippen LogP contribution in [0, 0.1) is 6.92 Å². The highest BCUT2D eigenvalue weighted by molar-refractivity contribution is 7.89. The van der Waals surface area contributed by atoms with E-state index >= 15 is 0 Å². The lowest BCUT2D eigenvalue weighted by Gasteiger charge is -2.28. The first-order valence-corrected chi connectivity index (χ1v) is 7.13. The van der Waals surface area contributed by atoms with Gasteiger partial charge in [-0.15, -0.1) is 0 Å². The second-order valence-electron chi connectivity index (χ2n) is 4.41. The van der Waals surface area contributed by atoms with Gasteiger partial charge in [0.05, 0.1) is 4.90 Å². The topological polar surface area (TPSA) is 74.7 Å². The van der Waals surface area contributed by atoms with Crippen LogP contribution in [-0.2, 0) is 14.8 Å². The molecule has 1 heterocycles. The number of β-amino-alcohol motifs (C(OH)–C–C–N with tert-alkyl or cyclic N) is 1. The van der Waals surface area contributed by atoms with Crippen LogP contribution in [0.2, 0.25) is 0 Å². The molecular weight excluding hydrogens is 254 g/mol. The number of aryl methyl sites for hydroxylation is 1. The molecule has 6 heteroatoms. The van der Waals surface area contributed by atoms with Crippen LogP contribution in [0.3, 0.4) is 0 Å². The monoisotopic (exact) mass is 269 g/mol. The molecule has 1 aromatic rings. The van der Waals surface area contributed by atoms with Crippen molar-refractivity contribution >= 4 is 15.8 Å². The quantitative estimate of drug-likeness (QED) is 0.839. The lowest BCUT2D eigenvalue weighted by molar-refractivity contribution is -0.129. The summed E-state index contributed by atoms with van der Waals surface area (Å²) in [7, 11) is -3.61. The summed E-state index contributed by atoms with van der Waals surface area (Å²) in [6, 6.07) is 6.51. The van der Waals surface area contributed by atoms with Crippen molar-refractivity contribution in [3.63, 3.8) is 0 Å². The number of aliphatic hydroxyl groups is 1. The number of rotatable bonds is 2. The average Bonchev–Trinajstić information content (AvgIpc) is 2.33. The van der Waals surface area contributed by atoms with Gasteiger partial charge in [-0.2, -0.15) is 4.31 Å². The van der Waals surface area contributed by atoms with E-state index in [1.165, 1.54) is 12.1 Å². The maximum Gasteiger partial charge on any atom is 0.243 e. The molecule has 1 aliphatic rings. The minimum absolute atomic E-state index is 0.0618. The number of ketones is 1. The number of nitrogens with zero attached hydrogens (tertiary/aromatic N) is 1. The molecule has 98 valence electrons. The lowest BCUT2D eigenvalue weighted by atomic mass is 10.1. The molecule has 1 saturated heterocycles. The van der Waals surface area contributed by atoms with E-state index in [4.69, 9.17) is 0 Å². The number of benzene rings is 1. The number of piperidine rings is 1. The Balaban J connectivity index is 2.26.